The van der Waals surface area contributed by atoms with E-state index in [1.807, 2.05) is 12.3 Å². The standard InChI is InChI=1S/C18H15FN2O2S/c1-12-20-14(11-24-12)10-23-15-6-4-5-13(9-15)18(22)21-17-8-3-2-7-16(17)19/h2-9,11H,10H2,1H3,(H,21,22). The Balaban J connectivity index is 1.68. The Labute approximate surface area is 142 Å². The number of para-hydroxylation sites is 1. The molecular weight excluding hydrogens is 327 g/mol. The second-order valence-electron chi connectivity index (χ2n) is 5.11. The van der Waals surface area contributed by atoms with E-state index in [9.17, 15) is 9.18 Å². The molecule has 0 saturated carbocycles. The molecule has 2 aromatic carbocycles. The summed E-state index contributed by atoms with van der Waals surface area (Å²) in [5.74, 6) is -0.311. The number of carbonyl (C=O) groups is 1. The fourth-order valence-corrected chi connectivity index (χ4v) is 2.71. The van der Waals surface area contributed by atoms with Gasteiger partial charge in [0.05, 0.1) is 16.4 Å². The van der Waals surface area contributed by atoms with E-state index >= 15 is 0 Å². The van der Waals surface area contributed by atoms with Crippen LogP contribution in [0.25, 0.3) is 0 Å². The van der Waals surface area contributed by atoms with Gasteiger partial charge in [0.25, 0.3) is 5.91 Å². The second kappa shape index (κ2) is 7.23. The third kappa shape index (κ3) is 3.97. The summed E-state index contributed by atoms with van der Waals surface area (Å²) in [6.45, 7) is 2.27. The number of aryl methyl sites for hydroxylation is 1. The Morgan fingerprint density at radius 3 is 2.83 bits per heavy atom. The van der Waals surface area contributed by atoms with E-state index in [4.69, 9.17) is 4.74 Å². The minimum Gasteiger partial charge on any atom is -0.487 e. The Morgan fingerprint density at radius 1 is 1.25 bits per heavy atom. The lowest BCUT2D eigenvalue weighted by Gasteiger charge is -2.08. The van der Waals surface area contributed by atoms with Crippen LogP contribution in [-0.2, 0) is 6.61 Å². The zero-order valence-electron chi connectivity index (χ0n) is 13.0. The van der Waals surface area contributed by atoms with Crippen LogP contribution in [0.3, 0.4) is 0 Å². The molecule has 0 radical (unpaired) electrons. The fraction of sp³-hybridized carbons (Fsp3) is 0.111. The number of carbonyl (C=O) groups excluding carboxylic acids is 1. The number of aromatic nitrogens is 1. The highest BCUT2D eigenvalue weighted by Gasteiger charge is 2.10. The predicted molar refractivity (Wildman–Crippen MR) is 92.0 cm³/mol. The van der Waals surface area contributed by atoms with Gasteiger partial charge in [-0.1, -0.05) is 18.2 Å². The van der Waals surface area contributed by atoms with Crippen molar-refractivity contribution in [2.24, 2.45) is 0 Å². The number of nitrogens with zero attached hydrogens (tertiary/aromatic N) is 1. The quantitative estimate of drug-likeness (QED) is 0.747. The number of benzene rings is 2. The first-order valence-corrected chi connectivity index (χ1v) is 8.19. The lowest BCUT2D eigenvalue weighted by atomic mass is 10.2. The summed E-state index contributed by atoms with van der Waals surface area (Å²) in [6, 6.07) is 12.8. The van der Waals surface area contributed by atoms with Gasteiger partial charge in [-0.05, 0) is 37.3 Å². The van der Waals surface area contributed by atoms with E-state index in [1.54, 1.807) is 47.7 Å². The molecule has 0 aliphatic carbocycles. The van der Waals surface area contributed by atoms with Gasteiger partial charge in [-0.25, -0.2) is 9.37 Å². The first kappa shape index (κ1) is 16.1. The molecule has 3 aromatic rings. The summed E-state index contributed by atoms with van der Waals surface area (Å²) in [5.41, 5.74) is 1.38. The number of thiazole rings is 1. The van der Waals surface area contributed by atoms with E-state index in [0.29, 0.717) is 17.9 Å². The lowest BCUT2D eigenvalue weighted by molar-refractivity contribution is 0.102. The van der Waals surface area contributed by atoms with E-state index < -0.39 is 11.7 Å². The van der Waals surface area contributed by atoms with Crippen molar-refractivity contribution in [1.29, 1.82) is 0 Å². The van der Waals surface area contributed by atoms with Gasteiger partial charge < -0.3 is 10.1 Å². The highest BCUT2D eigenvalue weighted by Crippen LogP contribution is 2.18. The van der Waals surface area contributed by atoms with Crippen molar-refractivity contribution < 1.29 is 13.9 Å². The molecular formula is C18H15FN2O2S. The van der Waals surface area contributed by atoms with Gasteiger partial charge in [-0.3, -0.25) is 4.79 Å². The number of amides is 1. The van der Waals surface area contributed by atoms with Crippen LogP contribution in [0, 0.1) is 12.7 Å². The predicted octanol–water partition coefficient (Wildman–Crippen LogP) is 4.42. The zero-order chi connectivity index (χ0) is 16.9. The molecule has 3 rings (SSSR count). The summed E-state index contributed by atoms with van der Waals surface area (Å²) < 4.78 is 19.3. The first-order valence-electron chi connectivity index (χ1n) is 7.31. The fourth-order valence-electron chi connectivity index (χ4n) is 2.12. The summed E-state index contributed by atoms with van der Waals surface area (Å²) >= 11 is 1.56. The molecule has 0 bridgehead atoms. The van der Waals surface area contributed by atoms with Crippen LogP contribution in [0.2, 0.25) is 0 Å². The molecule has 4 nitrogen and oxygen atoms in total. The van der Waals surface area contributed by atoms with Crippen LogP contribution < -0.4 is 10.1 Å². The molecule has 0 fully saturated rings. The van der Waals surface area contributed by atoms with Crippen molar-refractivity contribution in [3.05, 3.63) is 76.0 Å². The average molecular weight is 342 g/mol. The van der Waals surface area contributed by atoms with E-state index in [0.717, 1.165) is 10.7 Å². The molecule has 0 aliphatic heterocycles. The summed E-state index contributed by atoms with van der Waals surface area (Å²) in [4.78, 5) is 16.6. The van der Waals surface area contributed by atoms with Gasteiger partial charge in [-0.2, -0.15) is 0 Å². The number of anilines is 1. The van der Waals surface area contributed by atoms with Gasteiger partial charge in [0.1, 0.15) is 18.2 Å². The van der Waals surface area contributed by atoms with Gasteiger partial charge in [0.15, 0.2) is 0 Å². The van der Waals surface area contributed by atoms with E-state index in [2.05, 4.69) is 10.3 Å². The maximum atomic E-state index is 13.6. The van der Waals surface area contributed by atoms with Crippen LogP contribution in [-0.4, -0.2) is 10.9 Å². The Hall–Kier alpha value is -2.73. The maximum absolute atomic E-state index is 13.6. The van der Waals surface area contributed by atoms with Crippen LogP contribution >= 0.6 is 11.3 Å². The van der Waals surface area contributed by atoms with Crippen molar-refractivity contribution >= 4 is 22.9 Å². The van der Waals surface area contributed by atoms with Gasteiger partial charge in [0.2, 0.25) is 0 Å². The number of nitrogens with one attached hydrogen (secondary N) is 1. The van der Waals surface area contributed by atoms with Crippen molar-refractivity contribution in [2.45, 2.75) is 13.5 Å². The third-order valence-electron chi connectivity index (χ3n) is 3.27. The Bertz CT molecular complexity index is 863. The van der Waals surface area contributed by atoms with Gasteiger partial charge in [0, 0.05) is 10.9 Å². The highest BCUT2D eigenvalue weighted by atomic mass is 32.1. The topological polar surface area (TPSA) is 51.2 Å². The van der Waals surface area contributed by atoms with Crippen LogP contribution in [0.4, 0.5) is 10.1 Å². The molecule has 1 aromatic heterocycles. The maximum Gasteiger partial charge on any atom is 0.255 e. The number of hydrogen-bond acceptors (Lipinski definition) is 4. The van der Waals surface area contributed by atoms with Crippen molar-refractivity contribution in [3.8, 4) is 5.75 Å². The van der Waals surface area contributed by atoms with Crippen molar-refractivity contribution in [3.63, 3.8) is 0 Å². The minimum absolute atomic E-state index is 0.145. The molecule has 1 N–H and O–H groups in total. The summed E-state index contributed by atoms with van der Waals surface area (Å²) in [7, 11) is 0. The lowest BCUT2D eigenvalue weighted by Crippen LogP contribution is -2.13. The summed E-state index contributed by atoms with van der Waals surface area (Å²) in [6.07, 6.45) is 0. The third-order valence-corrected chi connectivity index (χ3v) is 4.09. The number of halogens is 1. The minimum atomic E-state index is -0.475. The molecule has 0 aliphatic rings. The second-order valence-corrected chi connectivity index (χ2v) is 6.17. The van der Waals surface area contributed by atoms with Crippen molar-refractivity contribution in [1.82, 2.24) is 4.98 Å². The zero-order valence-corrected chi connectivity index (χ0v) is 13.8. The molecule has 122 valence electrons. The van der Waals surface area contributed by atoms with Gasteiger partial charge >= 0.3 is 0 Å². The first-order chi connectivity index (χ1) is 11.6. The molecule has 0 atom stereocenters. The molecule has 0 spiro atoms. The molecule has 6 heteroatoms. The highest BCUT2D eigenvalue weighted by molar-refractivity contribution is 7.09. The molecule has 1 heterocycles. The Kier molecular flexibility index (Phi) is 4.86. The van der Waals surface area contributed by atoms with E-state index in [-0.39, 0.29) is 5.69 Å². The number of rotatable bonds is 5. The van der Waals surface area contributed by atoms with Crippen LogP contribution in [0.5, 0.6) is 5.75 Å². The van der Waals surface area contributed by atoms with E-state index in [1.165, 1.54) is 12.1 Å². The van der Waals surface area contributed by atoms with Crippen LogP contribution in [0.15, 0.2) is 53.9 Å². The largest absolute Gasteiger partial charge is 0.487 e. The Morgan fingerprint density at radius 2 is 2.08 bits per heavy atom. The van der Waals surface area contributed by atoms with Gasteiger partial charge in [-0.15, -0.1) is 11.3 Å². The number of hydrogen-bond donors (Lipinski definition) is 1. The average Bonchev–Trinajstić information content (AvgIpc) is 3.01. The SMILES string of the molecule is Cc1nc(COc2cccc(C(=O)Nc3ccccc3F)c2)cs1. The summed E-state index contributed by atoms with van der Waals surface area (Å²) in [5, 5.41) is 5.46. The van der Waals surface area contributed by atoms with Crippen molar-refractivity contribution in [2.75, 3.05) is 5.32 Å². The molecule has 1 amide bonds. The van der Waals surface area contributed by atoms with Crippen LogP contribution in [0.1, 0.15) is 21.1 Å². The molecule has 24 heavy (non-hydrogen) atoms. The molecule has 0 unspecified atom stereocenters. The number of ether oxygens (including phenoxy) is 1. The molecule has 0 saturated heterocycles. The monoisotopic (exact) mass is 342 g/mol. The smallest absolute Gasteiger partial charge is 0.255 e. The normalized spacial score (nSPS) is 10.4.